The third-order valence-electron chi connectivity index (χ3n) is 6.43. The van der Waals surface area contributed by atoms with Crippen molar-refractivity contribution in [2.24, 2.45) is 0 Å². The zero-order chi connectivity index (χ0) is 24.7. The highest BCUT2D eigenvalue weighted by Crippen LogP contribution is 2.37. The maximum Gasteiger partial charge on any atom is 0.338 e. The molecule has 2 aliphatic rings. The molecule has 0 amide bonds. The highest BCUT2D eigenvalue weighted by molar-refractivity contribution is 5.89. The van der Waals surface area contributed by atoms with E-state index in [1.165, 1.54) is 0 Å². The predicted molar refractivity (Wildman–Crippen MR) is 134 cm³/mol. The lowest BCUT2D eigenvalue weighted by Gasteiger charge is -2.48. The molecule has 6 nitrogen and oxygen atoms in total. The smallest absolute Gasteiger partial charge is 0.338 e. The molecule has 186 valence electrons. The second kappa shape index (κ2) is 11.6. The average Bonchev–Trinajstić information content (AvgIpc) is 2.94. The van der Waals surface area contributed by atoms with E-state index in [1.807, 2.05) is 78.9 Å². The molecular weight excluding hydrogens is 456 g/mol. The summed E-state index contributed by atoms with van der Waals surface area (Å²) >= 11 is 0. The summed E-state index contributed by atoms with van der Waals surface area (Å²) in [7, 11) is 0. The van der Waals surface area contributed by atoms with Crippen molar-refractivity contribution in [3.8, 4) is 0 Å². The van der Waals surface area contributed by atoms with E-state index in [-0.39, 0.29) is 6.10 Å². The first-order chi connectivity index (χ1) is 17.7. The number of benzene rings is 3. The molecule has 5 rings (SSSR count). The molecule has 0 radical (unpaired) electrons. The normalized spacial score (nSPS) is 27.6. The van der Waals surface area contributed by atoms with Gasteiger partial charge in [-0.2, -0.15) is 0 Å². The van der Waals surface area contributed by atoms with Crippen molar-refractivity contribution in [1.82, 2.24) is 0 Å². The second-order valence-corrected chi connectivity index (χ2v) is 8.91. The van der Waals surface area contributed by atoms with E-state index >= 15 is 0 Å². The van der Waals surface area contributed by atoms with Crippen LogP contribution in [0.3, 0.4) is 0 Å². The molecule has 3 aromatic carbocycles. The molecule has 0 aliphatic carbocycles. The van der Waals surface area contributed by atoms with E-state index in [9.17, 15) is 4.79 Å². The first-order valence-corrected chi connectivity index (χ1v) is 12.2. The van der Waals surface area contributed by atoms with Crippen molar-refractivity contribution in [3.63, 3.8) is 0 Å². The summed E-state index contributed by atoms with van der Waals surface area (Å²) in [5.74, 6) is -0.432. The number of ether oxygens (including phenoxy) is 5. The quantitative estimate of drug-likeness (QED) is 0.320. The van der Waals surface area contributed by atoms with Crippen molar-refractivity contribution in [3.05, 3.63) is 120 Å². The van der Waals surface area contributed by atoms with Gasteiger partial charge in [-0.15, -0.1) is 6.58 Å². The topological polar surface area (TPSA) is 63.2 Å². The standard InChI is InChI=1S/C30H30O6/c1-2-12-24-26(32-19-21-13-6-3-7-14-21)28(35-29(31)22-15-8-4-9-16-22)27-25(34-24)20-33-30(36-27)23-17-10-5-11-18-23/h2-11,13-18,24-28,30H,1,12,19-20H2/t24-,25-,26-,27-,28-,30-/m1/s1. The molecule has 0 spiro atoms. The molecule has 36 heavy (non-hydrogen) atoms. The summed E-state index contributed by atoms with van der Waals surface area (Å²) in [6, 6.07) is 28.5. The van der Waals surface area contributed by atoms with Crippen molar-refractivity contribution >= 4 is 5.97 Å². The van der Waals surface area contributed by atoms with Gasteiger partial charge in [-0.05, 0) is 24.1 Å². The summed E-state index contributed by atoms with van der Waals surface area (Å²) in [5.41, 5.74) is 2.37. The van der Waals surface area contributed by atoms with Gasteiger partial charge in [0.05, 0.1) is 24.9 Å². The molecule has 6 atom stereocenters. The van der Waals surface area contributed by atoms with Crippen LogP contribution >= 0.6 is 0 Å². The molecule has 0 aromatic heterocycles. The molecular formula is C30H30O6. The first kappa shape index (κ1) is 24.4. The number of fused-ring (bicyclic) bond motifs is 1. The van der Waals surface area contributed by atoms with E-state index in [4.69, 9.17) is 23.7 Å². The lowest BCUT2D eigenvalue weighted by molar-refractivity contribution is -0.331. The Morgan fingerprint density at radius 1 is 0.889 bits per heavy atom. The van der Waals surface area contributed by atoms with E-state index in [2.05, 4.69) is 6.58 Å². The average molecular weight is 487 g/mol. The summed E-state index contributed by atoms with van der Waals surface area (Å²) in [5, 5.41) is 0. The van der Waals surface area contributed by atoms with Gasteiger partial charge in [0.25, 0.3) is 0 Å². The van der Waals surface area contributed by atoms with Gasteiger partial charge in [0.1, 0.15) is 18.3 Å². The largest absolute Gasteiger partial charge is 0.453 e. The summed E-state index contributed by atoms with van der Waals surface area (Å²) < 4.78 is 31.4. The van der Waals surface area contributed by atoms with Crippen LogP contribution in [-0.2, 0) is 30.3 Å². The zero-order valence-corrected chi connectivity index (χ0v) is 20.0. The Bertz CT molecular complexity index is 1120. The van der Waals surface area contributed by atoms with E-state index in [0.29, 0.717) is 25.2 Å². The molecule has 0 unspecified atom stereocenters. The summed E-state index contributed by atoms with van der Waals surface area (Å²) in [6.45, 7) is 4.54. The van der Waals surface area contributed by atoms with Crippen LogP contribution in [0.1, 0.15) is 34.2 Å². The van der Waals surface area contributed by atoms with E-state index in [1.54, 1.807) is 18.2 Å². The van der Waals surface area contributed by atoms with Crippen LogP contribution in [-0.4, -0.2) is 43.1 Å². The Balaban J connectivity index is 1.44. The molecule has 2 heterocycles. The Hall–Kier alpha value is -3.29. The van der Waals surface area contributed by atoms with E-state index < -0.39 is 36.7 Å². The number of hydrogen-bond donors (Lipinski definition) is 0. The number of hydrogen-bond acceptors (Lipinski definition) is 6. The first-order valence-electron chi connectivity index (χ1n) is 12.2. The SMILES string of the molecule is C=CC[C@H]1O[C@@H]2CO[C@@H](c3ccccc3)O[C@H]2[C@H](OC(=O)c2ccccc2)[C@@H]1OCc1ccccc1. The Morgan fingerprint density at radius 3 is 2.25 bits per heavy atom. The number of esters is 1. The van der Waals surface area contributed by atoms with Crippen LogP contribution in [0.5, 0.6) is 0 Å². The summed E-state index contributed by atoms with van der Waals surface area (Å²) in [6.07, 6.45) is -0.909. The highest BCUT2D eigenvalue weighted by atomic mass is 16.7. The highest BCUT2D eigenvalue weighted by Gasteiger charge is 2.52. The van der Waals surface area contributed by atoms with Crippen LogP contribution < -0.4 is 0 Å². The van der Waals surface area contributed by atoms with Gasteiger partial charge in [-0.25, -0.2) is 4.79 Å². The molecule has 0 N–H and O–H groups in total. The van der Waals surface area contributed by atoms with Crippen LogP contribution in [0.15, 0.2) is 104 Å². The Kier molecular flexibility index (Phi) is 7.88. The number of rotatable bonds is 8. The van der Waals surface area contributed by atoms with Gasteiger partial charge in [-0.1, -0.05) is 84.9 Å². The zero-order valence-electron chi connectivity index (χ0n) is 20.0. The van der Waals surface area contributed by atoms with Crippen molar-refractivity contribution in [2.75, 3.05) is 6.61 Å². The molecule has 0 saturated carbocycles. The lowest BCUT2D eigenvalue weighted by atomic mass is 9.92. The van der Waals surface area contributed by atoms with Gasteiger partial charge < -0.3 is 23.7 Å². The minimum absolute atomic E-state index is 0.308. The third kappa shape index (κ3) is 5.58. The minimum Gasteiger partial charge on any atom is -0.453 e. The van der Waals surface area contributed by atoms with Crippen LogP contribution in [0.4, 0.5) is 0 Å². The fourth-order valence-corrected chi connectivity index (χ4v) is 4.66. The van der Waals surface area contributed by atoms with Gasteiger partial charge in [0.15, 0.2) is 12.4 Å². The second-order valence-electron chi connectivity index (χ2n) is 8.91. The monoisotopic (exact) mass is 486 g/mol. The van der Waals surface area contributed by atoms with Gasteiger partial charge in [0.2, 0.25) is 0 Å². The van der Waals surface area contributed by atoms with Gasteiger partial charge >= 0.3 is 5.97 Å². The van der Waals surface area contributed by atoms with Gasteiger partial charge in [-0.3, -0.25) is 0 Å². The Morgan fingerprint density at radius 2 is 1.56 bits per heavy atom. The molecule has 2 aliphatic heterocycles. The summed E-state index contributed by atoms with van der Waals surface area (Å²) in [4.78, 5) is 13.2. The number of carbonyl (C=O) groups excluding carboxylic acids is 1. The molecule has 3 aromatic rings. The molecule has 2 fully saturated rings. The van der Waals surface area contributed by atoms with Gasteiger partial charge in [0, 0.05) is 5.56 Å². The fourth-order valence-electron chi connectivity index (χ4n) is 4.66. The van der Waals surface area contributed by atoms with Crippen molar-refractivity contribution in [1.29, 1.82) is 0 Å². The fraction of sp³-hybridized carbons (Fsp3) is 0.300. The molecule has 2 saturated heterocycles. The van der Waals surface area contributed by atoms with Crippen molar-refractivity contribution in [2.45, 2.75) is 49.8 Å². The third-order valence-corrected chi connectivity index (χ3v) is 6.43. The van der Waals surface area contributed by atoms with Crippen molar-refractivity contribution < 1.29 is 28.5 Å². The lowest BCUT2D eigenvalue weighted by Crippen LogP contribution is -2.63. The Labute approximate surface area is 211 Å². The number of carbonyl (C=O) groups is 1. The van der Waals surface area contributed by atoms with Crippen LogP contribution in [0, 0.1) is 0 Å². The maximum absolute atomic E-state index is 13.2. The van der Waals surface area contributed by atoms with Crippen LogP contribution in [0.2, 0.25) is 0 Å². The maximum atomic E-state index is 13.2. The predicted octanol–water partition coefficient (Wildman–Crippen LogP) is 5.26. The molecule has 6 heteroatoms. The van der Waals surface area contributed by atoms with Crippen LogP contribution in [0.25, 0.3) is 0 Å². The minimum atomic E-state index is -0.708. The molecule has 0 bridgehead atoms. The van der Waals surface area contributed by atoms with E-state index in [0.717, 1.165) is 11.1 Å².